The summed E-state index contributed by atoms with van der Waals surface area (Å²) in [5.41, 5.74) is 0. The first-order valence-corrected chi connectivity index (χ1v) is 6.82. The van der Waals surface area contributed by atoms with E-state index >= 15 is 0 Å². The number of allylic oxidation sites excluding steroid dienone is 2. The first-order valence-electron chi connectivity index (χ1n) is 6.82. The Kier molecular flexibility index (Phi) is 4.92. The van der Waals surface area contributed by atoms with E-state index in [0.29, 0.717) is 19.4 Å². The van der Waals surface area contributed by atoms with Crippen molar-refractivity contribution in [3.05, 3.63) is 30.4 Å². The number of aromatic nitrogens is 2. The Labute approximate surface area is 117 Å². The molecule has 1 aliphatic carbocycles. The monoisotopic (exact) mass is 277 g/mol. The molecule has 1 aliphatic rings. The second kappa shape index (κ2) is 6.88. The maximum atomic E-state index is 12.0. The van der Waals surface area contributed by atoms with Crippen LogP contribution >= 0.6 is 0 Å². The highest BCUT2D eigenvalue weighted by Gasteiger charge is 2.33. The standard InChI is InChI=1S/C14H19N3O3/c18-13(10-4-1-2-5-11(10)14(19)20)17-7-3-6-12-15-8-9-16-12/h1-2,8-11H,3-7H2,(H,15,16)(H,17,18)(H,19,20)/t10-,11+/m1/s1. The molecule has 6 heteroatoms. The molecule has 0 aromatic carbocycles. The number of amides is 1. The van der Waals surface area contributed by atoms with Crippen LogP contribution in [0.1, 0.15) is 25.1 Å². The first-order chi connectivity index (χ1) is 9.68. The Morgan fingerprint density at radius 3 is 2.75 bits per heavy atom. The largest absolute Gasteiger partial charge is 0.481 e. The number of hydrogen-bond acceptors (Lipinski definition) is 3. The van der Waals surface area contributed by atoms with Crippen LogP contribution in [0.5, 0.6) is 0 Å². The predicted octanol–water partition coefficient (Wildman–Crippen LogP) is 1.13. The van der Waals surface area contributed by atoms with Gasteiger partial charge in [0.1, 0.15) is 5.82 Å². The van der Waals surface area contributed by atoms with Gasteiger partial charge in [-0.05, 0) is 19.3 Å². The quantitative estimate of drug-likeness (QED) is 0.536. The molecule has 1 amide bonds. The number of rotatable bonds is 6. The summed E-state index contributed by atoms with van der Waals surface area (Å²) in [6.45, 7) is 0.534. The van der Waals surface area contributed by atoms with E-state index in [1.165, 1.54) is 0 Å². The molecule has 0 saturated heterocycles. The van der Waals surface area contributed by atoms with Gasteiger partial charge in [-0.3, -0.25) is 9.59 Å². The van der Waals surface area contributed by atoms with Gasteiger partial charge >= 0.3 is 5.97 Å². The van der Waals surface area contributed by atoms with E-state index < -0.39 is 17.8 Å². The molecule has 108 valence electrons. The topological polar surface area (TPSA) is 95.1 Å². The van der Waals surface area contributed by atoms with E-state index in [9.17, 15) is 9.59 Å². The molecule has 0 radical (unpaired) electrons. The third-order valence-corrected chi connectivity index (χ3v) is 3.53. The van der Waals surface area contributed by atoms with E-state index in [1.54, 1.807) is 12.4 Å². The van der Waals surface area contributed by atoms with Gasteiger partial charge in [0.25, 0.3) is 0 Å². The fraction of sp³-hybridized carbons (Fsp3) is 0.500. The molecule has 3 N–H and O–H groups in total. The van der Waals surface area contributed by atoms with Gasteiger partial charge in [-0.2, -0.15) is 0 Å². The molecule has 20 heavy (non-hydrogen) atoms. The smallest absolute Gasteiger partial charge is 0.307 e. The Bertz CT molecular complexity index is 482. The summed E-state index contributed by atoms with van der Waals surface area (Å²) < 4.78 is 0. The van der Waals surface area contributed by atoms with Crippen molar-refractivity contribution in [3.8, 4) is 0 Å². The molecule has 1 aromatic rings. The molecule has 1 aromatic heterocycles. The minimum Gasteiger partial charge on any atom is -0.481 e. The fourth-order valence-electron chi connectivity index (χ4n) is 2.41. The number of nitrogens with zero attached hydrogens (tertiary/aromatic N) is 1. The summed E-state index contributed by atoms with van der Waals surface area (Å²) in [7, 11) is 0. The number of nitrogens with one attached hydrogen (secondary N) is 2. The molecule has 2 rings (SSSR count). The van der Waals surface area contributed by atoms with Gasteiger partial charge in [-0.1, -0.05) is 12.2 Å². The Hall–Kier alpha value is -2.11. The number of H-pyrrole nitrogens is 1. The van der Waals surface area contributed by atoms with Gasteiger partial charge in [0.2, 0.25) is 5.91 Å². The highest BCUT2D eigenvalue weighted by Crippen LogP contribution is 2.25. The lowest BCUT2D eigenvalue weighted by Crippen LogP contribution is -2.39. The number of carbonyl (C=O) groups excluding carboxylic acids is 1. The van der Waals surface area contributed by atoms with Crippen LogP contribution in [0, 0.1) is 11.8 Å². The highest BCUT2D eigenvalue weighted by atomic mass is 16.4. The van der Waals surface area contributed by atoms with Gasteiger partial charge < -0.3 is 15.4 Å². The number of imidazole rings is 1. The third-order valence-electron chi connectivity index (χ3n) is 3.53. The molecule has 0 saturated carbocycles. The molecule has 0 unspecified atom stereocenters. The summed E-state index contributed by atoms with van der Waals surface area (Å²) >= 11 is 0. The highest BCUT2D eigenvalue weighted by molar-refractivity contribution is 5.85. The molecule has 2 atom stereocenters. The zero-order valence-electron chi connectivity index (χ0n) is 11.2. The van der Waals surface area contributed by atoms with Crippen LogP contribution in [0.4, 0.5) is 0 Å². The number of aryl methyl sites for hydroxylation is 1. The molecule has 0 aliphatic heterocycles. The van der Waals surface area contributed by atoms with Crippen molar-refractivity contribution in [1.82, 2.24) is 15.3 Å². The fourth-order valence-corrected chi connectivity index (χ4v) is 2.41. The van der Waals surface area contributed by atoms with Crippen LogP contribution in [0.3, 0.4) is 0 Å². The summed E-state index contributed by atoms with van der Waals surface area (Å²) in [4.78, 5) is 30.3. The summed E-state index contributed by atoms with van der Waals surface area (Å²) in [5, 5.41) is 11.9. The van der Waals surface area contributed by atoms with E-state index in [2.05, 4.69) is 15.3 Å². The van der Waals surface area contributed by atoms with Crippen LogP contribution in [0.15, 0.2) is 24.5 Å². The van der Waals surface area contributed by atoms with Crippen LogP contribution in [-0.4, -0.2) is 33.5 Å². The maximum Gasteiger partial charge on any atom is 0.307 e. The van der Waals surface area contributed by atoms with E-state index in [-0.39, 0.29) is 5.91 Å². The van der Waals surface area contributed by atoms with E-state index in [1.807, 2.05) is 12.2 Å². The third kappa shape index (κ3) is 3.69. The number of carboxylic acid groups (broad SMARTS) is 1. The first kappa shape index (κ1) is 14.3. The van der Waals surface area contributed by atoms with Crippen LogP contribution < -0.4 is 5.32 Å². The summed E-state index contributed by atoms with van der Waals surface area (Å²) in [6, 6.07) is 0. The number of aliphatic carboxylic acids is 1. The lowest BCUT2D eigenvalue weighted by molar-refractivity contribution is -0.147. The van der Waals surface area contributed by atoms with Crippen molar-refractivity contribution < 1.29 is 14.7 Å². The van der Waals surface area contributed by atoms with Gasteiger partial charge in [0, 0.05) is 25.4 Å². The van der Waals surface area contributed by atoms with Crippen molar-refractivity contribution in [3.63, 3.8) is 0 Å². The number of carbonyl (C=O) groups is 2. The van der Waals surface area contributed by atoms with Crippen LogP contribution in [0.2, 0.25) is 0 Å². The zero-order chi connectivity index (χ0) is 14.4. The van der Waals surface area contributed by atoms with Gasteiger partial charge in [-0.25, -0.2) is 4.98 Å². The SMILES string of the molecule is O=C(O)[C@H]1CC=CC[C@H]1C(=O)NCCCc1ncc[nH]1. The van der Waals surface area contributed by atoms with Crippen molar-refractivity contribution in [2.24, 2.45) is 11.8 Å². The molecular formula is C14H19N3O3. The Morgan fingerprint density at radius 2 is 2.10 bits per heavy atom. The molecule has 0 bridgehead atoms. The van der Waals surface area contributed by atoms with Gasteiger partial charge in [0.05, 0.1) is 11.8 Å². The van der Waals surface area contributed by atoms with E-state index in [0.717, 1.165) is 18.7 Å². The van der Waals surface area contributed by atoms with Crippen molar-refractivity contribution in [1.29, 1.82) is 0 Å². The maximum absolute atomic E-state index is 12.0. The molecule has 0 fully saturated rings. The second-order valence-electron chi connectivity index (χ2n) is 4.92. The lowest BCUT2D eigenvalue weighted by Gasteiger charge is -2.24. The van der Waals surface area contributed by atoms with Crippen LogP contribution in [0.25, 0.3) is 0 Å². The summed E-state index contributed by atoms with van der Waals surface area (Å²) in [6.07, 6.45) is 9.64. The molecular weight excluding hydrogens is 258 g/mol. The Balaban J connectivity index is 1.76. The normalized spacial score (nSPS) is 21.6. The van der Waals surface area contributed by atoms with Gasteiger partial charge in [0.15, 0.2) is 0 Å². The molecule has 0 spiro atoms. The van der Waals surface area contributed by atoms with Crippen molar-refractivity contribution >= 4 is 11.9 Å². The van der Waals surface area contributed by atoms with Crippen molar-refractivity contribution in [2.75, 3.05) is 6.54 Å². The van der Waals surface area contributed by atoms with E-state index in [4.69, 9.17) is 5.11 Å². The number of carboxylic acids is 1. The zero-order valence-corrected chi connectivity index (χ0v) is 11.2. The average Bonchev–Trinajstić information content (AvgIpc) is 2.96. The number of aromatic amines is 1. The predicted molar refractivity (Wildman–Crippen MR) is 72.9 cm³/mol. The van der Waals surface area contributed by atoms with Crippen LogP contribution in [-0.2, 0) is 16.0 Å². The lowest BCUT2D eigenvalue weighted by atomic mass is 9.82. The minimum atomic E-state index is -0.898. The average molecular weight is 277 g/mol. The molecule has 1 heterocycles. The second-order valence-corrected chi connectivity index (χ2v) is 4.92. The van der Waals surface area contributed by atoms with Crippen molar-refractivity contribution in [2.45, 2.75) is 25.7 Å². The minimum absolute atomic E-state index is 0.166. The summed E-state index contributed by atoms with van der Waals surface area (Å²) in [5.74, 6) is -1.24. The molecule has 6 nitrogen and oxygen atoms in total. The number of hydrogen-bond donors (Lipinski definition) is 3. The Morgan fingerprint density at radius 1 is 1.35 bits per heavy atom. The van der Waals surface area contributed by atoms with Gasteiger partial charge in [-0.15, -0.1) is 0 Å².